The minimum Gasteiger partial charge on any atom is -0.507 e. The molecule has 0 spiro atoms. The molecule has 1 aliphatic rings. The molecule has 20 heavy (non-hydrogen) atoms. The molecule has 0 fully saturated rings. The van der Waals surface area contributed by atoms with Crippen LogP contribution in [0.15, 0.2) is 12.1 Å². The van der Waals surface area contributed by atoms with Gasteiger partial charge in [0, 0.05) is 23.6 Å². The molecule has 0 radical (unpaired) electrons. The number of hydrogen-bond acceptors (Lipinski definition) is 4. The molecule has 2 aromatic carbocycles. The lowest BCUT2D eigenvalue weighted by atomic mass is 9.84. The molecule has 102 valence electrons. The minimum absolute atomic E-state index is 0.0278. The van der Waals surface area contributed by atoms with Gasteiger partial charge in [-0.3, -0.25) is 9.59 Å². The molecular formula is C16H14O4. The highest BCUT2D eigenvalue weighted by atomic mass is 16.3. The maximum Gasteiger partial charge on any atom is 0.167 e. The van der Waals surface area contributed by atoms with E-state index < -0.39 is 0 Å². The van der Waals surface area contributed by atoms with Crippen LogP contribution in [-0.4, -0.2) is 21.8 Å². The van der Waals surface area contributed by atoms with Crippen LogP contribution >= 0.6 is 0 Å². The highest BCUT2D eigenvalue weighted by Gasteiger charge is 2.32. The van der Waals surface area contributed by atoms with Crippen LogP contribution in [0.3, 0.4) is 0 Å². The Morgan fingerprint density at radius 2 is 1.45 bits per heavy atom. The first-order chi connectivity index (χ1) is 9.43. The maximum atomic E-state index is 12.0. The molecule has 1 aliphatic carbocycles. The lowest BCUT2D eigenvalue weighted by Gasteiger charge is -2.20. The molecule has 0 saturated heterocycles. The highest BCUT2D eigenvalue weighted by Crippen LogP contribution is 2.44. The minimum atomic E-state index is -0.299. The summed E-state index contributed by atoms with van der Waals surface area (Å²) < 4.78 is 0. The van der Waals surface area contributed by atoms with Crippen molar-refractivity contribution < 1.29 is 19.8 Å². The summed E-state index contributed by atoms with van der Waals surface area (Å²) in [5, 5.41) is 21.6. The quantitative estimate of drug-likeness (QED) is 0.721. The van der Waals surface area contributed by atoms with Gasteiger partial charge in [0.1, 0.15) is 11.5 Å². The van der Waals surface area contributed by atoms with Crippen molar-refractivity contribution >= 4 is 22.3 Å². The number of phenols is 2. The fraction of sp³-hybridized carbons (Fsp3) is 0.250. The number of benzene rings is 2. The van der Waals surface area contributed by atoms with Crippen molar-refractivity contribution in [2.24, 2.45) is 0 Å². The van der Waals surface area contributed by atoms with E-state index in [1.165, 1.54) is 0 Å². The molecule has 0 aromatic heterocycles. The van der Waals surface area contributed by atoms with E-state index >= 15 is 0 Å². The third-order valence-electron chi connectivity index (χ3n) is 4.09. The van der Waals surface area contributed by atoms with Gasteiger partial charge in [-0.15, -0.1) is 0 Å². The second kappa shape index (κ2) is 4.07. The number of hydrogen-bond donors (Lipinski definition) is 2. The normalized spacial score (nSPS) is 14.7. The van der Waals surface area contributed by atoms with E-state index in [-0.39, 0.29) is 47.0 Å². The SMILES string of the molecule is Cc1ccc2c(O)c3c(c(O)c2c1C)C(=O)CCC3=O. The second-order valence-electron chi connectivity index (χ2n) is 5.22. The Labute approximate surface area is 115 Å². The number of aryl methyl sites for hydroxylation is 2. The van der Waals surface area contributed by atoms with Crippen LogP contribution in [0, 0.1) is 13.8 Å². The number of rotatable bonds is 0. The van der Waals surface area contributed by atoms with Gasteiger partial charge in [-0.1, -0.05) is 12.1 Å². The zero-order chi connectivity index (χ0) is 14.6. The summed E-state index contributed by atoms with van der Waals surface area (Å²) in [6, 6.07) is 3.48. The van der Waals surface area contributed by atoms with Gasteiger partial charge in [-0.05, 0) is 25.0 Å². The summed E-state index contributed by atoms with van der Waals surface area (Å²) in [5.74, 6) is -0.983. The van der Waals surface area contributed by atoms with Gasteiger partial charge in [-0.25, -0.2) is 0 Å². The molecule has 3 rings (SSSR count). The average Bonchev–Trinajstić information content (AvgIpc) is 2.41. The van der Waals surface area contributed by atoms with E-state index in [4.69, 9.17) is 0 Å². The van der Waals surface area contributed by atoms with Crippen LogP contribution < -0.4 is 0 Å². The molecule has 0 saturated carbocycles. The van der Waals surface area contributed by atoms with Crippen molar-refractivity contribution in [1.29, 1.82) is 0 Å². The number of carbonyl (C=O) groups is 2. The first-order valence-electron chi connectivity index (χ1n) is 6.47. The zero-order valence-corrected chi connectivity index (χ0v) is 11.3. The molecule has 0 amide bonds. The number of phenolic OH excluding ortho intramolecular Hbond substituents is 2. The van der Waals surface area contributed by atoms with Gasteiger partial charge in [0.25, 0.3) is 0 Å². The Morgan fingerprint density at radius 3 is 2.05 bits per heavy atom. The van der Waals surface area contributed by atoms with Crippen molar-refractivity contribution in [1.82, 2.24) is 0 Å². The van der Waals surface area contributed by atoms with E-state index in [1.807, 2.05) is 19.9 Å². The van der Waals surface area contributed by atoms with E-state index in [1.54, 1.807) is 6.07 Å². The van der Waals surface area contributed by atoms with Crippen molar-refractivity contribution in [2.45, 2.75) is 26.7 Å². The number of fused-ring (bicyclic) bond motifs is 2. The maximum absolute atomic E-state index is 12.0. The summed E-state index contributed by atoms with van der Waals surface area (Å²) in [5.41, 5.74) is 1.68. The van der Waals surface area contributed by atoms with Crippen molar-refractivity contribution in [3.05, 3.63) is 34.4 Å². The van der Waals surface area contributed by atoms with Gasteiger partial charge in [-0.2, -0.15) is 0 Å². The summed E-state index contributed by atoms with van der Waals surface area (Å²) in [4.78, 5) is 24.0. The van der Waals surface area contributed by atoms with Crippen molar-refractivity contribution in [3.8, 4) is 11.5 Å². The van der Waals surface area contributed by atoms with Gasteiger partial charge in [0.2, 0.25) is 0 Å². The molecule has 0 atom stereocenters. The van der Waals surface area contributed by atoms with Crippen LogP contribution in [0.5, 0.6) is 11.5 Å². The van der Waals surface area contributed by atoms with Crippen molar-refractivity contribution in [3.63, 3.8) is 0 Å². The number of aromatic hydroxyl groups is 2. The van der Waals surface area contributed by atoms with E-state index in [0.717, 1.165) is 11.1 Å². The van der Waals surface area contributed by atoms with E-state index in [0.29, 0.717) is 10.8 Å². The van der Waals surface area contributed by atoms with E-state index in [2.05, 4.69) is 0 Å². The van der Waals surface area contributed by atoms with Gasteiger partial charge < -0.3 is 10.2 Å². The largest absolute Gasteiger partial charge is 0.507 e. The smallest absolute Gasteiger partial charge is 0.167 e. The van der Waals surface area contributed by atoms with Gasteiger partial charge in [0.15, 0.2) is 11.6 Å². The number of Topliss-reactive ketones (excluding diaryl/α,β-unsaturated/α-hetero) is 2. The molecule has 0 heterocycles. The fourth-order valence-corrected chi connectivity index (χ4v) is 2.83. The predicted octanol–water partition coefficient (Wildman–Crippen LogP) is 3.03. The molecule has 0 unspecified atom stereocenters. The highest BCUT2D eigenvalue weighted by molar-refractivity contribution is 6.21. The molecular weight excluding hydrogens is 256 g/mol. The Kier molecular flexibility index (Phi) is 2.57. The van der Waals surface area contributed by atoms with E-state index in [9.17, 15) is 19.8 Å². The van der Waals surface area contributed by atoms with Crippen LogP contribution in [-0.2, 0) is 0 Å². The zero-order valence-electron chi connectivity index (χ0n) is 11.3. The standard InChI is InChI=1S/C16H14O4/c1-7-3-4-9-12(8(7)2)16(20)14-11(18)6-5-10(17)13(14)15(9)19/h3-4,19-20H,5-6H2,1-2H3. The lowest BCUT2D eigenvalue weighted by molar-refractivity contribution is 0.0885. The van der Waals surface area contributed by atoms with Gasteiger partial charge in [0.05, 0.1) is 11.1 Å². The first-order valence-corrected chi connectivity index (χ1v) is 6.47. The number of ketones is 2. The summed E-state index contributed by atoms with van der Waals surface area (Å²) in [6.45, 7) is 3.70. The topological polar surface area (TPSA) is 74.6 Å². The Hall–Kier alpha value is -2.36. The molecule has 0 bridgehead atoms. The third-order valence-corrected chi connectivity index (χ3v) is 4.09. The Bertz CT molecular complexity index is 787. The van der Waals surface area contributed by atoms with Crippen molar-refractivity contribution in [2.75, 3.05) is 0 Å². The summed E-state index contributed by atoms with van der Waals surface area (Å²) in [6.07, 6.45) is 0.157. The third kappa shape index (κ3) is 1.48. The lowest BCUT2D eigenvalue weighted by Crippen LogP contribution is -2.17. The number of carbonyl (C=O) groups excluding carboxylic acids is 2. The Morgan fingerprint density at radius 1 is 0.900 bits per heavy atom. The molecule has 2 N–H and O–H groups in total. The summed E-state index contributed by atoms with van der Waals surface area (Å²) >= 11 is 0. The van der Waals surface area contributed by atoms with Crippen LogP contribution in [0.4, 0.5) is 0 Å². The van der Waals surface area contributed by atoms with Crippen LogP contribution in [0.2, 0.25) is 0 Å². The summed E-state index contributed by atoms with van der Waals surface area (Å²) in [7, 11) is 0. The van der Waals surface area contributed by atoms with Crippen LogP contribution in [0.1, 0.15) is 44.7 Å². The average molecular weight is 270 g/mol. The van der Waals surface area contributed by atoms with Gasteiger partial charge >= 0.3 is 0 Å². The van der Waals surface area contributed by atoms with Crippen LogP contribution in [0.25, 0.3) is 10.8 Å². The molecule has 4 heteroatoms. The monoisotopic (exact) mass is 270 g/mol. The predicted molar refractivity (Wildman–Crippen MR) is 74.6 cm³/mol. The molecule has 2 aromatic rings. The Balaban J connectivity index is 2.58. The molecule has 0 aliphatic heterocycles. The molecule has 4 nitrogen and oxygen atoms in total. The first kappa shape index (κ1) is 12.7. The second-order valence-corrected chi connectivity index (χ2v) is 5.22. The fourth-order valence-electron chi connectivity index (χ4n) is 2.83.